The second-order valence-electron chi connectivity index (χ2n) is 1.60. The molecule has 0 bridgehead atoms. The summed E-state index contributed by atoms with van der Waals surface area (Å²) in [5, 5.41) is 16.0. The third kappa shape index (κ3) is 56.2. The van der Waals surface area contributed by atoms with Gasteiger partial charge in [0.15, 0.2) is 0 Å². The predicted molar refractivity (Wildman–Crippen MR) is 56.6 cm³/mol. The molecule has 0 heterocycles. The van der Waals surface area contributed by atoms with E-state index < -0.39 is 20.8 Å². The molecule has 0 aliphatic carbocycles. The van der Waals surface area contributed by atoms with E-state index in [1.807, 2.05) is 0 Å². The van der Waals surface area contributed by atoms with Gasteiger partial charge in [0.2, 0.25) is 0 Å². The number of aliphatic hydroxyl groups is 2. The molecule has 7 heteroatoms. The van der Waals surface area contributed by atoms with Crippen LogP contribution in [-0.2, 0) is 20.8 Å². The van der Waals surface area contributed by atoms with E-state index in [0.717, 1.165) is 0 Å². The van der Waals surface area contributed by atoms with Gasteiger partial charge in [-0.15, -0.1) is 23.2 Å². The minimum atomic E-state index is -0.826. The van der Waals surface area contributed by atoms with E-state index in [0.29, 0.717) is 24.6 Å². The normalized spacial score (nSPS) is 7.54. The first-order valence-electron chi connectivity index (χ1n) is 3.54. The van der Waals surface area contributed by atoms with Crippen molar-refractivity contribution in [3.8, 4) is 0 Å². The summed E-state index contributed by atoms with van der Waals surface area (Å²) in [6, 6.07) is 0. The molecule has 0 saturated carbocycles. The van der Waals surface area contributed by atoms with Crippen LogP contribution in [0.5, 0.6) is 0 Å². The molecule has 0 saturated heterocycles. The van der Waals surface area contributed by atoms with E-state index in [4.69, 9.17) is 50.4 Å². The zero-order valence-corrected chi connectivity index (χ0v) is 12.6. The molecule has 2 nitrogen and oxygen atoms in total. The Morgan fingerprint density at radius 1 is 0.846 bits per heavy atom. The van der Waals surface area contributed by atoms with Crippen molar-refractivity contribution in [1.82, 2.24) is 0 Å². The van der Waals surface area contributed by atoms with Crippen LogP contribution in [0.3, 0.4) is 0 Å². The predicted octanol–water partition coefficient (Wildman–Crippen LogP) is 2.59. The molecule has 0 aliphatic heterocycles. The number of hydrogen-bond donors (Lipinski definition) is 2. The van der Waals surface area contributed by atoms with E-state index >= 15 is 0 Å². The molecule has 0 fully saturated rings. The van der Waals surface area contributed by atoms with Crippen molar-refractivity contribution >= 4 is 40.2 Å². The van der Waals surface area contributed by atoms with Crippen molar-refractivity contribution in [2.45, 2.75) is 12.8 Å². The van der Waals surface area contributed by atoms with E-state index in [9.17, 15) is 0 Å². The van der Waals surface area contributed by atoms with Gasteiger partial charge in [-0.05, 0) is 12.8 Å². The molecule has 82 valence electrons. The van der Waals surface area contributed by atoms with Crippen molar-refractivity contribution in [3.63, 3.8) is 0 Å². The first kappa shape index (κ1) is 20.4. The average molecular weight is 351 g/mol. The fourth-order valence-corrected chi connectivity index (χ4v) is 0.359. The van der Waals surface area contributed by atoms with Crippen LogP contribution in [0.4, 0.5) is 0 Å². The molecule has 0 rings (SSSR count). The Balaban J connectivity index is -0.000000120. The molecule has 0 aromatic carbocycles. The molecule has 0 aromatic heterocycles. The van der Waals surface area contributed by atoms with Crippen molar-refractivity contribution in [2.24, 2.45) is 0 Å². The Kier molecular flexibility index (Phi) is 45.8. The summed E-state index contributed by atoms with van der Waals surface area (Å²) in [5.74, 6) is 1.13. The fraction of sp³-hybridized carbons (Fsp3) is 1.00. The van der Waals surface area contributed by atoms with Gasteiger partial charge in [-0.25, -0.2) is 0 Å². The van der Waals surface area contributed by atoms with Gasteiger partial charge in [0.25, 0.3) is 0 Å². The quantitative estimate of drug-likeness (QED) is 0.765. The molecular formula is C6H14Cl4O2Zr. The zero-order chi connectivity index (χ0) is 10.9. The molecule has 0 radical (unpaired) electrons. The average Bonchev–Trinajstić information content (AvgIpc) is 2.09. The number of halogens is 4. The Morgan fingerprint density at radius 2 is 1.08 bits per heavy atom. The first-order chi connectivity index (χ1) is 6.24. The van der Waals surface area contributed by atoms with Crippen LogP contribution < -0.4 is 0 Å². The summed E-state index contributed by atoms with van der Waals surface area (Å²) in [5.41, 5.74) is 0. The van der Waals surface area contributed by atoms with E-state index in [1.54, 1.807) is 0 Å². The summed E-state index contributed by atoms with van der Waals surface area (Å²) < 4.78 is 0. The second kappa shape index (κ2) is 29.2. The monoisotopic (exact) mass is 348 g/mol. The third-order valence-corrected chi connectivity index (χ3v) is 1.12. The molecule has 0 spiro atoms. The molecule has 13 heavy (non-hydrogen) atoms. The summed E-state index contributed by atoms with van der Waals surface area (Å²) in [4.78, 5) is 0. The van der Waals surface area contributed by atoms with Gasteiger partial charge in [-0.3, -0.25) is 0 Å². The van der Waals surface area contributed by atoms with Gasteiger partial charge in [0.1, 0.15) is 0 Å². The van der Waals surface area contributed by atoms with Gasteiger partial charge in [-0.2, -0.15) is 0 Å². The van der Waals surface area contributed by atoms with Crippen molar-refractivity contribution in [1.29, 1.82) is 0 Å². The van der Waals surface area contributed by atoms with Crippen molar-refractivity contribution in [3.05, 3.63) is 0 Å². The molecule has 0 atom stereocenters. The van der Waals surface area contributed by atoms with E-state index in [2.05, 4.69) is 0 Å². The summed E-state index contributed by atoms with van der Waals surface area (Å²) in [6.45, 7) is 0.424. The van der Waals surface area contributed by atoms with Crippen LogP contribution in [0.2, 0.25) is 0 Å². The fourth-order valence-electron chi connectivity index (χ4n) is 0.120. The van der Waals surface area contributed by atoms with Crippen LogP contribution in [0.15, 0.2) is 0 Å². The van der Waals surface area contributed by atoms with Crippen LogP contribution in [-0.4, -0.2) is 35.2 Å². The van der Waals surface area contributed by atoms with Crippen LogP contribution in [0.25, 0.3) is 0 Å². The summed E-state index contributed by atoms with van der Waals surface area (Å²) >= 11 is 9.46. The Hall–Kier alpha value is 1.96. The van der Waals surface area contributed by atoms with Crippen LogP contribution in [0.1, 0.15) is 12.8 Å². The Morgan fingerprint density at radius 3 is 1.08 bits per heavy atom. The van der Waals surface area contributed by atoms with Crippen molar-refractivity contribution in [2.75, 3.05) is 25.0 Å². The molecule has 0 aliphatic rings. The maximum atomic E-state index is 7.98. The molecule has 0 amide bonds. The number of rotatable bonds is 4. The Bertz CT molecular complexity index is 51.9. The standard InChI is InChI=1S/2C3H7ClO.2ClH.Zr/c2*4-2-1-3-5;;;/h2*5H,1-3H2;2*1H;/q;;;;+2/p-2. The first-order valence-corrected chi connectivity index (χ1v) is 10.9. The summed E-state index contributed by atoms with van der Waals surface area (Å²) in [6.07, 6.45) is 1.42. The minimum absolute atomic E-state index is 0.212. The van der Waals surface area contributed by atoms with Gasteiger partial charge in [0, 0.05) is 25.0 Å². The number of hydrogen-bond acceptors (Lipinski definition) is 2. The van der Waals surface area contributed by atoms with E-state index in [1.165, 1.54) is 0 Å². The number of aliphatic hydroxyl groups excluding tert-OH is 2. The van der Waals surface area contributed by atoms with Crippen LogP contribution in [0, 0.1) is 0 Å². The molecule has 0 unspecified atom stereocenters. The molecular weight excluding hydrogens is 337 g/mol. The molecule has 0 aromatic rings. The molecule has 2 N–H and O–H groups in total. The maximum absolute atomic E-state index is 7.98. The van der Waals surface area contributed by atoms with Gasteiger partial charge in [-0.1, -0.05) is 0 Å². The zero-order valence-electron chi connectivity index (χ0n) is 7.15. The topological polar surface area (TPSA) is 40.5 Å². The van der Waals surface area contributed by atoms with E-state index in [-0.39, 0.29) is 13.2 Å². The van der Waals surface area contributed by atoms with Gasteiger partial charge < -0.3 is 10.2 Å². The second-order valence-corrected chi connectivity index (χ2v) is 6.09. The van der Waals surface area contributed by atoms with Crippen LogP contribution >= 0.6 is 40.2 Å². The SMILES string of the molecule is OCCCCl.OCCCCl.[Cl][Zr][Cl]. The summed E-state index contributed by atoms with van der Waals surface area (Å²) in [7, 11) is 9.87. The Labute approximate surface area is 108 Å². The third-order valence-electron chi connectivity index (χ3n) is 0.583. The number of alkyl halides is 2. The van der Waals surface area contributed by atoms with Gasteiger partial charge >= 0.3 is 37.9 Å². The van der Waals surface area contributed by atoms with Crippen molar-refractivity contribution < 1.29 is 31.1 Å². The van der Waals surface area contributed by atoms with Gasteiger partial charge in [0.05, 0.1) is 0 Å².